The Labute approximate surface area is 398 Å². The van der Waals surface area contributed by atoms with E-state index in [1.807, 2.05) is 29.0 Å². The highest BCUT2D eigenvalue weighted by Gasteiger charge is 2.47. The molecular weight excluding hydrogens is 1070 g/mol. The molecule has 0 N–H and O–H groups in total. The SMILES string of the molecule is FC(F)(F)c1cc([B-](c2cc(C(F)(F)F)cc(C(F)(F)F)c2)(c2cc(C(F)(F)F)cc(C(F)(F)F)c2)c2cc(C(F)(F)F)cc(C(F)(F)F)c2)cc(C(F)(F)F)c1.[N-]=[N+]=NCc1cncc[n+]1Cc1ccccc1. The Morgan fingerprint density at radius 2 is 0.689 bits per heavy atom. The number of benzene rings is 5. The lowest BCUT2D eigenvalue weighted by Crippen LogP contribution is -2.75. The van der Waals surface area contributed by atoms with Gasteiger partial charge in [-0.2, -0.15) is 132 Å². The van der Waals surface area contributed by atoms with Gasteiger partial charge in [0.2, 0.25) is 5.69 Å². The van der Waals surface area contributed by atoms with Crippen molar-refractivity contribution in [1.82, 2.24) is 4.98 Å². The first-order valence-electron chi connectivity index (χ1n) is 19.9. The second kappa shape index (κ2) is 20.3. The Hall–Kier alpha value is -7.13. The van der Waals surface area contributed by atoms with Crippen LogP contribution in [0.2, 0.25) is 0 Å². The van der Waals surface area contributed by atoms with E-state index >= 15 is 0 Å². The second-order valence-corrected chi connectivity index (χ2v) is 15.8. The molecule has 0 aliphatic heterocycles. The van der Waals surface area contributed by atoms with Gasteiger partial charge in [0.25, 0.3) is 0 Å². The van der Waals surface area contributed by atoms with Crippen LogP contribution in [0.15, 0.2) is 127 Å². The third-order valence-corrected chi connectivity index (χ3v) is 10.9. The summed E-state index contributed by atoms with van der Waals surface area (Å²) in [5.41, 5.74) is -19.8. The van der Waals surface area contributed by atoms with Crippen LogP contribution in [-0.4, -0.2) is 11.1 Å². The molecule has 1 aromatic heterocycles. The van der Waals surface area contributed by atoms with Crippen LogP contribution in [0.4, 0.5) is 105 Å². The number of azide groups is 1. The second-order valence-electron chi connectivity index (χ2n) is 15.8. The molecule has 5 nitrogen and oxygen atoms in total. The Bertz CT molecular complexity index is 2580. The molecule has 6 aromatic rings. The van der Waals surface area contributed by atoms with Gasteiger partial charge >= 0.3 is 49.4 Å². The van der Waals surface area contributed by atoms with E-state index < -0.39 is 195 Å². The van der Waals surface area contributed by atoms with E-state index in [1.54, 1.807) is 12.4 Å². The number of alkyl halides is 24. The highest BCUT2D eigenvalue weighted by molar-refractivity contribution is 7.20. The van der Waals surface area contributed by atoms with Gasteiger partial charge in [0.1, 0.15) is 12.7 Å². The molecule has 0 aliphatic carbocycles. The maximum atomic E-state index is 14.2. The molecule has 0 amide bonds. The van der Waals surface area contributed by atoms with Crippen LogP contribution in [0.25, 0.3) is 10.4 Å². The van der Waals surface area contributed by atoms with Crippen LogP contribution in [-0.2, 0) is 62.5 Å². The van der Waals surface area contributed by atoms with Crippen molar-refractivity contribution < 1.29 is 110 Å². The molecule has 30 heteroatoms. The van der Waals surface area contributed by atoms with Gasteiger partial charge < -0.3 is 0 Å². The van der Waals surface area contributed by atoms with Gasteiger partial charge in [0.15, 0.2) is 12.7 Å². The standard InChI is InChI=1S/C32H12BF24.C12H12N5/c34-25(35,36)13-1-14(26(37,38)39)6-21(5-13)33(22-7-15(27(40,41)42)2-16(8-22)28(43,44)45,23-9-17(29(46,47)48)3-18(10-23)30(49,50)51)24-11-19(31(52,53)54)4-20(12-24)32(55,56)57;13-16-15-9-12-8-14-6-7-17(12)10-11-4-2-1-3-5-11/h1-12H;1-8H,9-10H2/q-1;+1. The van der Waals surface area contributed by atoms with E-state index in [-0.39, 0.29) is 0 Å². The molecule has 0 saturated heterocycles. The molecule has 0 fully saturated rings. The van der Waals surface area contributed by atoms with E-state index in [9.17, 15) is 105 Å². The minimum absolute atomic E-state index is 0.317. The van der Waals surface area contributed by atoms with Crippen LogP contribution in [0.3, 0.4) is 0 Å². The summed E-state index contributed by atoms with van der Waals surface area (Å²) in [5, 5.41) is 3.56. The lowest BCUT2D eigenvalue weighted by atomic mass is 9.12. The summed E-state index contributed by atoms with van der Waals surface area (Å²) in [6.07, 6.45) is -49.5. The largest absolute Gasteiger partial charge is 0.416 e. The number of hydrogen-bond donors (Lipinski definition) is 0. The lowest BCUT2D eigenvalue weighted by molar-refractivity contribution is -0.696. The van der Waals surface area contributed by atoms with E-state index in [1.165, 1.54) is 5.56 Å². The van der Waals surface area contributed by atoms with Crippen molar-refractivity contribution in [3.05, 3.63) is 188 Å². The van der Waals surface area contributed by atoms with E-state index in [0.29, 0.717) is 6.54 Å². The molecule has 0 atom stereocenters. The minimum atomic E-state index is -6.13. The number of halogens is 24. The fraction of sp³-hybridized carbons (Fsp3) is 0.227. The number of rotatable bonds is 8. The van der Waals surface area contributed by atoms with Crippen molar-refractivity contribution in [3.8, 4) is 0 Å². The third kappa shape index (κ3) is 13.5. The Morgan fingerprint density at radius 3 is 0.932 bits per heavy atom. The van der Waals surface area contributed by atoms with Crippen LogP contribution < -0.4 is 26.4 Å². The summed E-state index contributed by atoms with van der Waals surface area (Å²) in [6, 6.07) is 1.31. The van der Waals surface area contributed by atoms with Crippen molar-refractivity contribution in [2.45, 2.75) is 62.5 Å². The summed E-state index contributed by atoms with van der Waals surface area (Å²) < 4.78 is 343. The molecule has 5 aromatic carbocycles. The van der Waals surface area contributed by atoms with E-state index in [0.717, 1.165) is 12.2 Å². The van der Waals surface area contributed by atoms with Gasteiger partial charge in [0, 0.05) is 10.5 Å². The van der Waals surface area contributed by atoms with Crippen molar-refractivity contribution in [3.63, 3.8) is 0 Å². The van der Waals surface area contributed by atoms with Crippen molar-refractivity contribution >= 4 is 28.0 Å². The van der Waals surface area contributed by atoms with Gasteiger partial charge in [-0.3, -0.25) is 4.98 Å². The molecule has 6 rings (SSSR count). The molecule has 0 unspecified atom stereocenters. The number of aromatic nitrogens is 2. The first kappa shape index (κ1) is 57.8. The lowest BCUT2D eigenvalue weighted by Gasteiger charge is -2.46. The minimum Gasteiger partial charge on any atom is -0.252 e. The molecule has 0 saturated carbocycles. The van der Waals surface area contributed by atoms with Gasteiger partial charge in [-0.15, -0.1) is 0 Å². The fourth-order valence-corrected chi connectivity index (χ4v) is 7.66. The van der Waals surface area contributed by atoms with Crippen LogP contribution in [0.5, 0.6) is 0 Å². The number of nitrogens with zero attached hydrogens (tertiary/aromatic N) is 5. The monoisotopic (exact) mass is 1090 g/mol. The zero-order chi connectivity index (χ0) is 55.8. The topological polar surface area (TPSA) is 65.5 Å². The van der Waals surface area contributed by atoms with Gasteiger partial charge in [-0.05, 0) is 29.8 Å². The molecular formula is C44H24BF24N5. The predicted molar refractivity (Wildman–Crippen MR) is 213 cm³/mol. The average molecular weight is 1090 g/mol. The zero-order valence-electron chi connectivity index (χ0n) is 35.8. The molecule has 0 aliphatic rings. The van der Waals surface area contributed by atoms with Gasteiger partial charge in [-0.1, -0.05) is 84.0 Å². The molecule has 1 heterocycles. The van der Waals surface area contributed by atoms with Crippen LogP contribution in [0.1, 0.15) is 55.8 Å². The summed E-state index contributed by atoms with van der Waals surface area (Å²) >= 11 is 0. The summed E-state index contributed by atoms with van der Waals surface area (Å²) in [5.74, 6) is 0. The zero-order valence-corrected chi connectivity index (χ0v) is 35.8. The van der Waals surface area contributed by atoms with E-state index in [2.05, 4.69) is 27.1 Å². The van der Waals surface area contributed by atoms with Crippen molar-refractivity contribution in [1.29, 1.82) is 0 Å². The Kier molecular flexibility index (Phi) is 15.8. The highest BCUT2D eigenvalue weighted by Crippen LogP contribution is 2.41. The smallest absolute Gasteiger partial charge is 0.252 e. The van der Waals surface area contributed by atoms with E-state index in [4.69, 9.17) is 5.53 Å². The van der Waals surface area contributed by atoms with Crippen LogP contribution in [0, 0.1) is 0 Å². The maximum absolute atomic E-state index is 14.2. The Morgan fingerprint density at radius 1 is 0.419 bits per heavy atom. The normalized spacial score (nSPS) is 13.2. The molecule has 0 bridgehead atoms. The molecule has 0 spiro atoms. The van der Waals surface area contributed by atoms with Gasteiger partial charge in [0.05, 0.1) is 56.9 Å². The average Bonchev–Trinajstić information content (AvgIpc) is 3.27. The van der Waals surface area contributed by atoms with Crippen molar-refractivity contribution in [2.24, 2.45) is 5.11 Å². The number of hydrogen-bond acceptors (Lipinski definition) is 2. The van der Waals surface area contributed by atoms with Crippen molar-refractivity contribution in [2.75, 3.05) is 0 Å². The molecule has 74 heavy (non-hydrogen) atoms. The first-order valence-corrected chi connectivity index (χ1v) is 19.9. The Balaban J connectivity index is 0.000000500. The highest BCUT2D eigenvalue weighted by atomic mass is 19.4. The predicted octanol–water partition coefficient (Wildman–Crippen LogP) is 13.4. The first-order chi connectivity index (χ1) is 33.7. The van der Waals surface area contributed by atoms with Crippen LogP contribution >= 0.6 is 0 Å². The summed E-state index contributed by atoms with van der Waals surface area (Å²) in [6.45, 7) is 1.07. The maximum Gasteiger partial charge on any atom is 0.416 e. The molecule has 0 radical (unpaired) electrons. The fourth-order valence-electron chi connectivity index (χ4n) is 7.66. The van der Waals surface area contributed by atoms with Gasteiger partial charge in [-0.25, -0.2) is 0 Å². The third-order valence-electron chi connectivity index (χ3n) is 10.9. The molecule has 396 valence electrons. The summed E-state index contributed by atoms with van der Waals surface area (Å²) in [7, 11) is 0. The quantitative estimate of drug-likeness (QED) is 0.0374. The summed E-state index contributed by atoms with van der Waals surface area (Å²) in [4.78, 5) is 6.80.